The minimum absolute atomic E-state index is 0.186. The highest BCUT2D eigenvalue weighted by Gasteiger charge is 2.44. The summed E-state index contributed by atoms with van der Waals surface area (Å²) in [6, 6.07) is -0.821. The van der Waals surface area contributed by atoms with Gasteiger partial charge in [-0.2, -0.15) is 0 Å². The van der Waals surface area contributed by atoms with E-state index in [0.29, 0.717) is 6.42 Å². The van der Waals surface area contributed by atoms with Crippen molar-refractivity contribution in [3.05, 3.63) is 48.6 Å². The van der Waals surface area contributed by atoms with E-state index in [9.17, 15) is 30.3 Å². The molecule has 0 aromatic carbocycles. The maximum atomic E-state index is 13.0. The quantitative estimate of drug-likeness (QED) is 0.0261. The Hall–Kier alpha value is -1.85. The van der Waals surface area contributed by atoms with Crippen molar-refractivity contribution in [1.29, 1.82) is 0 Å². The first-order chi connectivity index (χ1) is 32.3. The first-order valence-electron chi connectivity index (χ1n) is 27.9. The predicted molar refractivity (Wildman–Crippen MR) is 276 cm³/mol. The second-order valence-corrected chi connectivity index (χ2v) is 19.4. The fourth-order valence-corrected chi connectivity index (χ4v) is 8.67. The first-order valence-corrected chi connectivity index (χ1v) is 27.9. The maximum Gasteiger partial charge on any atom is 0.220 e. The molecule has 0 bridgehead atoms. The molecule has 6 N–H and O–H groups in total. The number of aliphatic hydroxyl groups excluding tert-OH is 5. The van der Waals surface area contributed by atoms with Crippen LogP contribution in [0.5, 0.6) is 0 Å². The lowest BCUT2D eigenvalue weighted by molar-refractivity contribution is -0.302. The van der Waals surface area contributed by atoms with E-state index in [1.54, 1.807) is 6.08 Å². The number of amides is 1. The van der Waals surface area contributed by atoms with Gasteiger partial charge in [0.05, 0.1) is 25.4 Å². The Morgan fingerprint density at radius 1 is 0.515 bits per heavy atom. The smallest absolute Gasteiger partial charge is 0.220 e. The average molecular weight is 932 g/mol. The van der Waals surface area contributed by atoms with Crippen molar-refractivity contribution in [2.45, 2.75) is 294 Å². The van der Waals surface area contributed by atoms with Crippen LogP contribution in [0.15, 0.2) is 48.6 Å². The van der Waals surface area contributed by atoms with E-state index in [4.69, 9.17) is 9.47 Å². The molecule has 0 aliphatic carbocycles. The van der Waals surface area contributed by atoms with Crippen molar-refractivity contribution in [2.75, 3.05) is 13.2 Å². The summed E-state index contributed by atoms with van der Waals surface area (Å²) in [7, 11) is 0. The van der Waals surface area contributed by atoms with Gasteiger partial charge in [-0.15, -0.1) is 0 Å². The maximum absolute atomic E-state index is 13.0. The van der Waals surface area contributed by atoms with E-state index in [2.05, 4.69) is 55.6 Å². The Balaban J connectivity index is 2.18. The van der Waals surface area contributed by atoms with Gasteiger partial charge in [-0.25, -0.2) is 0 Å². The third kappa shape index (κ3) is 36.2. The Morgan fingerprint density at radius 2 is 0.909 bits per heavy atom. The largest absolute Gasteiger partial charge is 0.394 e. The minimum atomic E-state index is -1.57. The van der Waals surface area contributed by atoms with Crippen LogP contribution in [0.1, 0.15) is 251 Å². The number of rotatable bonds is 47. The predicted octanol–water partition coefficient (Wildman–Crippen LogP) is 13.3. The van der Waals surface area contributed by atoms with Crippen molar-refractivity contribution in [1.82, 2.24) is 5.32 Å². The number of ether oxygens (including phenoxy) is 2. The van der Waals surface area contributed by atoms with E-state index in [-0.39, 0.29) is 12.5 Å². The van der Waals surface area contributed by atoms with Gasteiger partial charge >= 0.3 is 0 Å². The fourth-order valence-electron chi connectivity index (χ4n) is 8.67. The standard InChI is InChI=1S/C57H105NO8/c1-3-5-7-9-11-13-15-17-19-20-21-22-23-24-25-26-27-28-29-30-31-32-33-35-37-39-41-43-45-47-53(61)58-50(49-65-57-56(64)55(63)54(62)52(48-59)66-57)51(60)46-44-42-40-38-36-34-18-16-14-12-10-8-6-4-2/h15,17,20-21,36,38,44,46,50-52,54-57,59-60,62-64H,3-14,16,18-19,22-35,37,39-43,45,47-49H2,1-2H3,(H,58,61)/b17-15-,21-20-,38-36+,46-44+. The van der Waals surface area contributed by atoms with E-state index in [0.717, 1.165) is 44.9 Å². The van der Waals surface area contributed by atoms with Gasteiger partial charge in [-0.05, 0) is 64.2 Å². The van der Waals surface area contributed by atoms with Gasteiger partial charge in [-0.1, -0.05) is 229 Å². The Morgan fingerprint density at radius 3 is 1.36 bits per heavy atom. The van der Waals surface area contributed by atoms with E-state index in [1.165, 1.54) is 186 Å². The molecule has 66 heavy (non-hydrogen) atoms. The lowest BCUT2D eigenvalue weighted by Crippen LogP contribution is -2.60. The summed E-state index contributed by atoms with van der Waals surface area (Å²) >= 11 is 0. The second-order valence-electron chi connectivity index (χ2n) is 19.4. The molecule has 0 aromatic rings. The highest BCUT2D eigenvalue weighted by molar-refractivity contribution is 5.76. The SMILES string of the molecule is CCCCCCC/C=C\C/C=C\CCCCCCCCCCCCCCCCCCCC(=O)NC(COC1OC(CO)C(O)C(O)C1O)C(O)/C=C/CC/C=C/CCCCCCCCCC. The number of nitrogens with one attached hydrogen (secondary N) is 1. The number of unbranched alkanes of at least 4 members (excludes halogenated alkanes) is 31. The van der Waals surface area contributed by atoms with Gasteiger partial charge in [0.1, 0.15) is 24.4 Å². The first kappa shape index (κ1) is 62.2. The summed E-state index contributed by atoms with van der Waals surface area (Å²) in [5.41, 5.74) is 0. The Bertz CT molecular complexity index is 1170. The molecule has 1 aliphatic heterocycles. The number of carbonyl (C=O) groups excluding carboxylic acids is 1. The molecular weight excluding hydrogens is 827 g/mol. The molecule has 0 spiro atoms. The third-order valence-electron chi connectivity index (χ3n) is 13.1. The van der Waals surface area contributed by atoms with Crippen LogP contribution in [0.25, 0.3) is 0 Å². The summed E-state index contributed by atoms with van der Waals surface area (Å²) in [5.74, 6) is -0.186. The molecule has 0 aromatic heterocycles. The summed E-state index contributed by atoms with van der Waals surface area (Å²) in [4.78, 5) is 13.0. The average Bonchev–Trinajstić information content (AvgIpc) is 3.32. The topological polar surface area (TPSA) is 149 Å². The molecule has 386 valence electrons. The van der Waals surface area contributed by atoms with Gasteiger partial charge < -0.3 is 40.3 Å². The van der Waals surface area contributed by atoms with E-state index >= 15 is 0 Å². The number of carbonyl (C=O) groups is 1. The van der Waals surface area contributed by atoms with Crippen LogP contribution in [-0.2, 0) is 14.3 Å². The second kappa shape index (κ2) is 46.9. The van der Waals surface area contributed by atoms with Crippen molar-refractivity contribution in [3.63, 3.8) is 0 Å². The molecule has 0 radical (unpaired) electrons. The molecule has 1 aliphatic rings. The lowest BCUT2D eigenvalue weighted by atomic mass is 9.99. The molecule has 1 amide bonds. The summed E-state index contributed by atoms with van der Waals surface area (Å²) in [6.45, 7) is 3.75. The van der Waals surface area contributed by atoms with Gasteiger partial charge in [0.25, 0.3) is 0 Å². The van der Waals surface area contributed by atoms with Crippen molar-refractivity contribution in [2.24, 2.45) is 0 Å². The van der Waals surface area contributed by atoms with Crippen LogP contribution in [0.3, 0.4) is 0 Å². The normalized spacial score (nSPS) is 20.1. The van der Waals surface area contributed by atoms with Crippen molar-refractivity contribution in [3.8, 4) is 0 Å². The van der Waals surface area contributed by atoms with Gasteiger partial charge in [-0.3, -0.25) is 4.79 Å². The molecule has 7 unspecified atom stereocenters. The molecular formula is C57H105NO8. The zero-order valence-electron chi connectivity index (χ0n) is 42.7. The Kier molecular flexibility index (Phi) is 44.1. The zero-order chi connectivity index (χ0) is 48.0. The highest BCUT2D eigenvalue weighted by atomic mass is 16.7. The lowest BCUT2D eigenvalue weighted by Gasteiger charge is -2.40. The molecule has 1 rings (SSSR count). The van der Waals surface area contributed by atoms with Crippen LogP contribution >= 0.6 is 0 Å². The van der Waals surface area contributed by atoms with E-state index in [1.807, 2.05) is 6.08 Å². The van der Waals surface area contributed by atoms with Crippen LogP contribution in [-0.4, -0.2) is 87.5 Å². The minimum Gasteiger partial charge on any atom is -0.394 e. The van der Waals surface area contributed by atoms with Crippen LogP contribution in [0.4, 0.5) is 0 Å². The molecule has 1 saturated heterocycles. The van der Waals surface area contributed by atoms with Crippen LogP contribution < -0.4 is 5.32 Å². The molecule has 9 heteroatoms. The highest BCUT2D eigenvalue weighted by Crippen LogP contribution is 2.23. The van der Waals surface area contributed by atoms with E-state index < -0.39 is 49.5 Å². The Labute approximate surface area is 405 Å². The third-order valence-corrected chi connectivity index (χ3v) is 13.1. The molecule has 9 nitrogen and oxygen atoms in total. The van der Waals surface area contributed by atoms with Crippen molar-refractivity contribution < 1.29 is 39.8 Å². The van der Waals surface area contributed by atoms with Gasteiger partial charge in [0, 0.05) is 6.42 Å². The van der Waals surface area contributed by atoms with Gasteiger partial charge in [0.15, 0.2) is 6.29 Å². The summed E-state index contributed by atoms with van der Waals surface area (Å²) in [5, 5.41) is 54.3. The monoisotopic (exact) mass is 932 g/mol. The number of hydrogen-bond acceptors (Lipinski definition) is 8. The molecule has 1 fully saturated rings. The van der Waals surface area contributed by atoms with Crippen LogP contribution in [0.2, 0.25) is 0 Å². The van der Waals surface area contributed by atoms with Crippen LogP contribution in [0, 0.1) is 0 Å². The van der Waals surface area contributed by atoms with Crippen molar-refractivity contribution >= 4 is 5.91 Å². The zero-order valence-corrected chi connectivity index (χ0v) is 42.7. The number of hydrogen-bond donors (Lipinski definition) is 6. The number of allylic oxidation sites excluding steroid dienone is 7. The molecule has 0 saturated carbocycles. The summed E-state index contributed by atoms with van der Waals surface area (Å²) < 4.78 is 11.2. The summed E-state index contributed by atoms with van der Waals surface area (Å²) in [6.07, 6.45) is 54.7. The van der Waals surface area contributed by atoms with Gasteiger partial charge in [0.2, 0.25) is 5.91 Å². The molecule has 7 atom stereocenters. The fraction of sp³-hybridized carbons (Fsp3) is 0.842. The number of aliphatic hydroxyl groups is 5. The molecule has 1 heterocycles.